The van der Waals surface area contributed by atoms with E-state index in [1.54, 1.807) is 0 Å². The summed E-state index contributed by atoms with van der Waals surface area (Å²) in [5, 5.41) is 14.0. The molecule has 0 aliphatic carbocycles. The van der Waals surface area contributed by atoms with Gasteiger partial charge >= 0.3 is 0 Å². The number of hydrogen-bond donors (Lipinski definition) is 0. The number of fused-ring (bicyclic) bond motifs is 13. The van der Waals surface area contributed by atoms with Crippen LogP contribution in [-0.2, 0) is 0 Å². The molecule has 222 valence electrons. The minimum atomic E-state index is 0.872. The third-order valence-corrected chi connectivity index (χ3v) is 10.2. The van der Waals surface area contributed by atoms with Crippen LogP contribution in [0.25, 0.3) is 109 Å². The third-order valence-electron chi connectivity index (χ3n) is 10.2. The van der Waals surface area contributed by atoms with E-state index >= 15 is 0 Å². The maximum atomic E-state index is 6.87. The lowest BCUT2D eigenvalue weighted by atomic mass is 9.85. The Bertz CT molecular complexity index is 3060. The zero-order chi connectivity index (χ0) is 31.3. The van der Waals surface area contributed by atoms with E-state index in [0.717, 1.165) is 60.2 Å². The Hall–Kier alpha value is -6.38. The third kappa shape index (κ3) is 3.46. The van der Waals surface area contributed by atoms with Gasteiger partial charge in [0.2, 0.25) is 0 Å². The molecule has 0 saturated carbocycles. The molecule has 0 radical (unpaired) electrons. The molecule has 2 heterocycles. The van der Waals surface area contributed by atoms with Crippen LogP contribution in [0.4, 0.5) is 0 Å². The van der Waals surface area contributed by atoms with E-state index in [1.165, 1.54) is 49.0 Å². The zero-order valence-electron chi connectivity index (χ0n) is 25.8. The monoisotopic (exact) mass is 610 g/mol. The highest BCUT2D eigenvalue weighted by atomic mass is 16.3. The van der Waals surface area contributed by atoms with Gasteiger partial charge in [0.1, 0.15) is 22.3 Å². The molecule has 0 amide bonds. The van der Waals surface area contributed by atoms with Gasteiger partial charge in [-0.2, -0.15) is 0 Å². The Morgan fingerprint density at radius 1 is 0.292 bits per heavy atom. The average Bonchev–Trinajstić information content (AvgIpc) is 3.72. The molecule has 11 aromatic rings. The first kappa shape index (κ1) is 25.8. The normalized spacial score (nSPS) is 12.2. The first-order valence-corrected chi connectivity index (χ1v) is 16.4. The standard InChI is InChI=1S/C46H26O2/c1-2-12-28-25-29(22-21-27(28)11-1)41-31-13-3-5-15-33(31)42(34-16-6-4-14-32(34)41)30-23-24-38-40(26-30)48-46-36-18-8-7-17-35(36)45-43(44(38)46)37-19-9-10-20-39(37)47-45/h1-26H. The number of hydrogen-bond acceptors (Lipinski definition) is 2. The van der Waals surface area contributed by atoms with Gasteiger partial charge in [0.25, 0.3) is 0 Å². The van der Waals surface area contributed by atoms with Crippen LogP contribution in [0.15, 0.2) is 167 Å². The molecule has 9 aromatic carbocycles. The molecule has 0 saturated heterocycles. The Balaban J connectivity index is 1.23. The molecule has 2 aromatic heterocycles. The van der Waals surface area contributed by atoms with Crippen molar-refractivity contribution >= 4 is 87.0 Å². The summed E-state index contributed by atoms with van der Waals surface area (Å²) in [6.45, 7) is 0. The molecule has 0 aliphatic rings. The largest absolute Gasteiger partial charge is 0.455 e. The van der Waals surface area contributed by atoms with E-state index in [1.807, 2.05) is 12.1 Å². The highest BCUT2D eigenvalue weighted by Crippen LogP contribution is 2.48. The maximum Gasteiger partial charge on any atom is 0.144 e. The van der Waals surface area contributed by atoms with Crippen LogP contribution in [0.1, 0.15) is 0 Å². The van der Waals surface area contributed by atoms with Crippen molar-refractivity contribution in [3.05, 3.63) is 158 Å². The van der Waals surface area contributed by atoms with Gasteiger partial charge in [0, 0.05) is 32.3 Å². The lowest BCUT2D eigenvalue weighted by Gasteiger charge is -2.18. The smallest absolute Gasteiger partial charge is 0.144 e. The summed E-state index contributed by atoms with van der Waals surface area (Å²) in [7, 11) is 0. The molecule has 0 fully saturated rings. The molecule has 0 aliphatic heterocycles. The van der Waals surface area contributed by atoms with E-state index in [0.29, 0.717) is 0 Å². The van der Waals surface area contributed by atoms with Gasteiger partial charge in [0.05, 0.1) is 0 Å². The van der Waals surface area contributed by atoms with Crippen LogP contribution >= 0.6 is 0 Å². The van der Waals surface area contributed by atoms with Gasteiger partial charge in [-0.05, 0) is 78.8 Å². The predicted octanol–water partition coefficient (Wildman–Crippen LogP) is 13.4. The number of furan rings is 2. The second-order valence-corrected chi connectivity index (χ2v) is 12.8. The first-order valence-electron chi connectivity index (χ1n) is 16.4. The van der Waals surface area contributed by atoms with Crippen molar-refractivity contribution in [1.29, 1.82) is 0 Å². The number of benzene rings is 9. The lowest BCUT2D eigenvalue weighted by molar-refractivity contribution is 0.668. The van der Waals surface area contributed by atoms with Gasteiger partial charge in [-0.15, -0.1) is 0 Å². The Morgan fingerprint density at radius 2 is 0.729 bits per heavy atom. The zero-order valence-corrected chi connectivity index (χ0v) is 25.8. The Kier molecular flexibility index (Phi) is 5.14. The quantitative estimate of drug-likeness (QED) is 0.182. The molecule has 0 N–H and O–H groups in total. The summed E-state index contributed by atoms with van der Waals surface area (Å²) in [6.07, 6.45) is 0. The summed E-state index contributed by atoms with van der Waals surface area (Å²) < 4.78 is 13.4. The van der Waals surface area contributed by atoms with Gasteiger partial charge in [-0.3, -0.25) is 0 Å². The molecule has 0 spiro atoms. The van der Waals surface area contributed by atoms with Crippen LogP contribution in [0.3, 0.4) is 0 Å². The van der Waals surface area contributed by atoms with Gasteiger partial charge in [0.15, 0.2) is 0 Å². The van der Waals surface area contributed by atoms with Crippen molar-refractivity contribution < 1.29 is 8.83 Å². The van der Waals surface area contributed by atoms with Crippen molar-refractivity contribution in [2.75, 3.05) is 0 Å². The van der Waals surface area contributed by atoms with Gasteiger partial charge in [-0.1, -0.05) is 133 Å². The molecule has 2 nitrogen and oxygen atoms in total. The predicted molar refractivity (Wildman–Crippen MR) is 202 cm³/mol. The second kappa shape index (κ2) is 9.57. The molecule has 0 unspecified atom stereocenters. The topological polar surface area (TPSA) is 26.3 Å². The fraction of sp³-hybridized carbons (Fsp3) is 0. The molecule has 48 heavy (non-hydrogen) atoms. The summed E-state index contributed by atoms with van der Waals surface area (Å²) in [6, 6.07) is 56.6. The fourth-order valence-electron chi connectivity index (χ4n) is 8.15. The number of para-hydroxylation sites is 1. The van der Waals surface area contributed by atoms with Crippen LogP contribution in [-0.4, -0.2) is 0 Å². The van der Waals surface area contributed by atoms with Crippen molar-refractivity contribution in [1.82, 2.24) is 0 Å². The van der Waals surface area contributed by atoms with Crippen molar-refractivity contribution in [2.24, 2.45) is 0 Å². The summed E-state index contributed by atoms with van der Waals surface area (Å²) in [4.78, 5) is 0. The maximum absolute atomic E-state index is 6.87. The van der Waals surface area contributed by atoms with E-state index in [2.05, 4.69) is 146 Å². The van der Waals surface area contributed by atoms with Gasteiger partial charge in [-0.25, -0.2) is 0 Å². The highest BCUT2D eigenvalue weighted by molar-refractivity contribution is 6.34. The van der Waals surface area contributed by atoms with E-state index < -0.39 is 0 Å². The van der Waals surface area contributed by atoms with Gasteiger partial charge < -0.3 is 8.83 Å². The molecular formula is C46H26O2. The Morgan fingerprint density at radius 3 is 1.35 bits per heavy atom. The fourth-order valence-corrected chi connectivity index (χ4v) is 8.15. The molecule has 0 atom stereocenters. The first-order chi connectivity index (χ1) is 23.8. The summed E-state index contributed by atoms with van der Waals surface area (Å²) in [5.41, 5.74) is 8.42. The van der Waals surface area contributed by atoms with Crippen molar-refractivity contribution in [3.8, 4) is 22.3 Å². The minimum absolute atomic E-state index is 0.872. The van der Waals surface area contributed by atoms with E-state index in [4.69, 9.17) is 8.83 Å². The number of rotatable bonds is 2. The van der Waals surface area contributed by atoms with Crippen LogP contribution in [0.2, 0.25) is 0 Å². The van der Waals surface area contributed by atoms with Crippen molar-refractivity contribution in [2.45, 2.75) is 0 Å². The second-order valence-electron chi connectivity index (χ2n) is 12.8. The SMILES string of the molecule is c1ccc2cc(-c3c4ccccc4c(-c4ccc5c(c4)oc4c6ccccc6c6oc7ccccc7c6c54)c4ccccc34)ccc2c1. The Labute approximate surface area is 275 Å². The molecule has 11 rings (SSSR count). The van der Waals surface area contributed by atoms with Crippen LogP contribution in [0.5, 0.6) is 0 Å². The van der Waals surface area contributed by atoms with Crippen LogP contribution < -0.4 is 0 Å². The van der Waals surface area contributed by atoms with E-state index in [-0.39, 0.29) is 0 Å². The molecular weight excluding hydrogens is 585 g/mol. The average molecular weight is 611 g/mol. The van der Waals surface area contributed by atoms with Crippen LogP contribution in [0, 0.1) is 0 Å². The summed E-state index contributed by atoms with van der Waals surface area (Å²) in [5.74, 6) is 0. The van der Waals surface area contributed by atoms with Crippen molar-refractivity contribution in [3.63, 3.8) is 0 Å². The van der Waals surface area contributed by atoms with E-state index in [9.17, 15) is 0 Å². The lowest BCUT2D eigenvalue weighted by Crippen LogP contribution is -1.91. The molecule has 0 bridgehead atoms. The molecule has 2 heteroatoms. The minimum Gasteiger partial charge on any atom is -0.455 e. The highest BCUT2D eigenvalue weighted by Gasteiger charge is 2.22. The summed E-state index contributed by atoms with van der Waals surface area (Å²) >= 11 is 0.